The second-order valence-corrected chi connectivity index (χ2v) is 4.38. The van der Waals surface area contributed by atoms with Crippen molar-refractivity contribution in [2.24, 2.45) is 5.41 Å². The second kappa shape index (κ2) is 2.46. The van der Waals surface area contributed by atoms with Gasteiger partial charge >= 0.3 is 5.97 Å². The summed E-state index contributed by atoms with van der Waals surface area (Å²) in [7, 11) is 0. The monoisotopic (exact) mass is 172 g/mol. The van der Waals surface area contributed by atoms with Gasteiger partial charge in [0.05, 0.1) is 0 Å². The number of carbonyl (C=O) groups excluding carboxylic acids is 1. The first kappa shape index (κ1) is 9.52. The van der Waals surface area contributed by atoms with Gasteiger partial charge in [-0.15, -0.1) is 0 Å². The number of carbonyl (C=O) groups is 1. The topological polar surface area (TPSA) is 35.5 Å². The molecule has 70 valence electrons. The Bertz CT molecular complexity index is 204. The third-order valence-electron chi connectivity index (χ3n) is 2.39. The summed E-state index contributed by atoms with van der Waals surface area (Å²) in [5.41, 5.74) is -0.187. The lowest BCUT2D eigenvalue weighted by Gasteiger charge is -2.35. The molecule has 2 atom stereocenters. The van der Waals surface area contributed by atoms with Crippen molar-refractivity contribution in [2.75, 3.05) is 0 Å². The van der Waals surface area contributed by atoms with Crippen LogP contribution in [0.25, 0.3) is 0 Å². The summed E-state index contributed by atoms with van der Waals surface area (Å²) in [5, 5.41) is 0. The zero-order chi connectivity index (χ0) is 9.57. The fourth-order valence-corrected chi connectivity index (χ4v) is 1.01. The Kier molecular flexibility index (Phi) is 1.95. The van der Waals surface area contributed by atoms with E-state index in [4.69, 9.17) is 9.47 Å². The Morgan fingerprint density at radius 3 is 2.08 bits per heavy atom. The summed E-state index contributed by atoms with van der Waals surface area (Å²) in [6.07, 6.45) is -0.436. The molecule has 0 saturated carbocycles. The van der Waals surface area contributed by atoms with Crippen molar-refractivity contribution in [3.8, 4) is 0 Å². The third kappa shape index (κ3) is 1.33. The van der Waals surface area contributed by atoms with Crippen molar-refractivity contribution < 1.29 is 14.3 Å². The smallest absolute Gasteiger partial charge is 0.337 e. The summed E-state index contributed by atoms with van der Waals surface area (Å²) in [4.78, 5) is 11.1. The molecule has 0 spiro atoms. The molecule has 0 bridgehead atoms. The molecule has 0 radical (unpaired) electrons. The maximum atomic E-state index is 11.1. The predicted octanol–water partition coefficient (Wildman–Crippen LogP) is 1.71. The van der Waals surface area contributed by atoms with E-state index in [0.29, 0.717) is 0 Å². The van der Waals surface area contributed by atoms with E-state index in [1.165, 1.54) is 0 Å². The fourth-order valence-electron chi connectivity index (χ4n) is 1.01. The van der Waals surface area contributed by atoms with Crippen LogP contribution in [0.5, 0.6) is 0 Å². The largest absolute Gasteiger partial charge is 0.431 e. The number of hydrogen-bond acceptors (Lipinski definition) is 3. The van der Waals surface area contributed by atoms with E-state index < -0.39 is 11.9 Å². The molecule has 0 aromatic rings. The van der Waals surface area contributed by atoms with E-state index in [9.17, 15) is 4.79 Å². The summed E-state index contributed by atoms with van der Waals surface area (Å²) in [6, 6.07) is 0. The van der Waals surface area contributed by atoms with Gasteiger partial charge in [-0.3, -0.25) is 0 Å². The minimum Gasteiger partial charge on any atom is -0.431 e. The van der Waals surface area contributed by atoms with Crippen LogP contribution in [0.3, 0.4) is 0 Å². The first-order valence-corrected chi connectivity index (χ1v) is 4.17. The molecule has 3 nitrogen and oxygen atoms in total. The maximum Gasteiger partial charge on any atom is 0.337 e. The van der Waals surface area contributed by atoms with Crippen LogP contribution in [0.1, 0.15) is 34.6 Å². The quantitative estimate of drug-likeness (QED) is 0.522. The SMILES string of the molecule is CC1OC(C)(C(C)(C)C)OC1=O. The lowest BCUT2D eigenvalue weighted by atomic mass is 9.87. The van der Waals surface area contributed by atoms with E-state index in [1.807, 2.05) is 20.8 Å². The van der Waals surface area contributed by atoms with Gasteiger partial charge in [0.1, 0.15) is 0 Å². The minimum atomic E-state index is -0.774. The van der Waals surface area contributed by atoms with E-state index in [0.717, 1.165) is 0 Å². The maximum absolute atomic E-state index is 11.1. The molecule has 2 unspecified atom stereocenters. The highest BCUT2D eigenvalue weighted by molar-refractivity contribution is 5.76. The summed E-state index contributed by atoms with van der Waals surface area (Å²) in [6.45, 7) is 9.46. The molecule has 1 aliphatic rings. The van der Waals surface area contributed by atoms with Crippen LogP contribution < -0.4 is 0 Å². The number of cyclic esters (lactones) is 1. The lowest BCUT2D eigenvalue weighted by molar-refractivity contribution is -0.216. The molecule has 1 aliphatic heterocycles. The summed E-state index contributed by atoms with van der Waals surface area (Å²) >= 11 is 0. The van der Waals surface area contributed by atoms with E-state index in [2.05, 4.69) is 0 Å². The van der Waals surface area contributed by atoms with Crippen molar-refractivity contribution in [1.82, 2.24) is 0 Å². The molecule has 12 heavy (non-hydrogen) atoms. The number of esters is 1. The van der Waals surface area contributed by atoms with E-state index >= 15 is 0 Å². The van der Waals surface area contributed by atoms with Crippen molar-refractivity contribution >= 4 is 5.97 Å². The van der Waals surface area contributed by atoms with Crippen molar-refractivity contribution in [1.29, 1.82) is 0 Å². The van der Waals surface area contributed by atoms with Crippen LogP contribution in [-0.2, 0) is 14.3 Å². The van der Waals surface area contributed by atoms with Gasteiger partial charge in [0.25, 0.3) is 0 Å². The molecule has 1 fully saturated rings. The molecule has 0 aromatic heterocycles. The molecule has 0 aromatic carbocycles. The van der Waals surface area contributed by atoms with Crippen LogP contribution in [0, 0.1) is 5.41 Å². The molecular weight excluding hydrogens is 156 g/mol. The Balaban J connectivity index is 2.84. The van der Waals surface area contributed by atoms with Gasteiger partial charge in [0.2, 0.25) is 5.79 Å². The average Bonchev–Trinajstić information content (AvgIpc) is 2.06. The molecule has 0 N–H and O–H groups in total. The zero-order valence-electron chi connectivity index (χ0n) is 8.30. The molecule has 0 aliphatic carbocycles. The van der Waals surface area contributed by atoms with E-state index in [1.54, 1.807) is 13.8 Å². The first-order chi connectivity index (χ1) is 5.26. The van der Waals surface area contributed by atoms with Gasteiger partial charge in [0.15, 0.2) is 6.10 Å². The van der Waals surface area contributed by atoms with Crippen LogP contribution in [0.4, 0.5) is 0 Å². The first-order valence-electron chi connectivity index (χ1n) is 4.17. The number of hydrogen-bond donors (Lipinski definition) is 0. The van der Waals surface area contributed by atoms with Crippen molar-refractivity contribution in [3.63, 3.8) is 0 Å². The number of rotatable bonds is 0. The highest BCUT2D eigenvalue weighted by atomic mass is 16.8. The highest BCUT2D eigenvalue weighted by Crippen LogP contribution is 2.39. The van der Waals surface area contributed by atoms with Crippen LogP contribution >= 0.6 is 0 Å². The van der Waals surface area contributed by atoms with Gasteiger partial charge in [-0.2, -0.15) is 0 Å². The molecule has 1 saturated heterocycles. The molecule has 1 rings (SSSR count). The van der Waals surface area contributed by atoms with Crippen LogP contribution in [0.15, 0.2) is 0 Å². The Morgan fingerprint density at radius 2 is 1.92 bits per heavy atom. The van der Waals surface area contributed by atoms with Gasteiger partial charge in [-0.1, -0.05) is 20.8 Å². The molecule has 0 amide bonds. The lowest BCUT2D eigenvalue weighted by Crippen LogP contribution is -2.41. The van der Waals surface area contributed by atoms with Crippen molar-refractivity contribution in [2.45, 2.75) is 46.5 Å². The molecular formula is C9H16O3. The predicted molar refractivity (Wildman–Crippen MR) is 44.5 cm³/mol. The van der Waals surface area contributed by atoms with Gasteiger partial charge < -0.3 is 9.47 Å². The minimum absolute atomic E-state index is 0.187. The normalized spacial score (nSPS) is 36.8. The Hall–Kier alpha value is -0.570. The fraction of sp³-hybridized carbons (Fsp3) is 0.889. The summed E-state index contributed by atoms with van der Waals surface area (Å²) in [5.74, 6) is -1.05. The highest BCUT2D eigenvalue weighted by Gasteiger charge is 2.50. The number of ether oxygens (including phenoxy) is 2. The van der Waals surface area contributed by atoms with E-state index in [-0.39, 0.29) is 11.4 Å². The Morgan fingerprint density at radius 1 is 1.42 bits per heavy atom. The van der Waals surface area contributed by atoms with Crippen LogP contribution in [-0.4, -0.2) is 17.9 Å². The molecule has 3 heteroatoms. The van der Waals surface area contributed by atoms with Gasteiger partial charge in [0, 0.05) is 12.3 Å². The van der Waals surface area contributed by atoms with Crippen molar-refractivity contribution in [3.05, 3.63) is 0 Å². The molecule has 1 heterocycles. The zero-order valence-corrected chi connectivity index (χ0v) is 8.30. The third-order valence-corrected chi connectivity index (χ3v) is 2.39. The van der Waals surface area contributed by atoms with Crippen LogP contribution in [0.2, 0.25) is 0 Å². The summed E-state index contributed by atoms with van der Waals surface area (Å²) < 4.78 is 10.6. The second-order valence-electron chi connectivity index (χ2n) is 4.38. The van der Waals surface area contributed by atoms with Gasteiger partial charge in [-0.05, 0) is 6.92 Å². The Labute approximate surface area is 73.0 Å². The average molecular weight is 172 g/mol. The van der Waals surface area contributed by atoms with Gasteiger partial charge in [-0.25, -0.2) is 4.79 Å². The standard InChI is InChI=1S/C9H16O3/c1-6-7(10)12-9(5,11-6)8(2,3)4/h6H,1-5H3.